The summed E-state index contributed by atoms with van der Waals surface area (Å²) in [6.07, 6.45) is 0. The molecule has 0 unspecified atom stereocenters. The number of nitrogens with zero attached hydrogens (tertiary/aromatic N) is 1. The van der Waals surface area contributed by atoms with Crippen LogP contribution in [0.5, 0.6) is 0 Å². The summed E-state index contributed by atoms with van der Waals surface area (Å²) in [7, 11) is 0. The number of hydrogen-bond acceptors (Lipinski definition) is 2. The van der Waals surface area contributed by atoms with Crippen LogP contribution in [0.1, 0.15) is 5.56 Å². The van der Waals surface area contributed by atoms with Crippen LogP contribution in [0.3, 0.4) is 0 Å². The average molecular weight is 350 g/mol. The van der Waals surface area contributed by atoms with Crippen molar-refractivity contribution in [1.82, 2.24) is 5.32 Å². The first kappa shape index (κ1) is 13.0. The Morgan fingerprint density at radius 1 is 1.38 bits per heavy atom. The Balaban J connectivity index is 3.10. The number of aliphatic imine (C=N–C) groups is 1. The summed E-state index contributed by atoms with van der Waals surface area (Å²) in [5.74, 6) is -0.0429. The SMILES string of the molecule is Cc1cc(Br)cc(Br)c1N=C(N)NC(N)=O. The van der Waals surface area contributed by atoms with Crippen molar-refractivity contribution in [2.75, 3.05) is 0 Å². The van der Waals surface area contributed by atoms with Crippen LogP contribution in [0.4, 0.5) is 10.5 Å². The molecule has 0 bridgehead atoms. The second-order valence-corrected chi connectivity index (χ2v) is 4.81. The molecule has 0 saturated heterocycles. The summed E-state index contributed by atoms with van der Waals surface area (Å²) in [6.45, 7) is 1.88. The van der Waals surface area contributed by atoms with Crippen molar-refractivity contribution in [2.24, 2.45) is 16.5 Å². The van der Waals surface area contributed by atoms with Gasteiger partial charge in [0.1, 0.15) is 0 Å². The molecule has 0 spiro atoms. The Labute approximate surface area is 110 Å². The molecule has 0 aromatic heterocycles. The second-order valence-electron chi connectivity index (χ2n) is 3.04. The summed E-state index contributed by atoms with van der Waals surface area (Å²) >= 11 is 6.71. The molecule has 0 atom stereocenters. The maximum atomic E-state index is 10.6. The van der Waals surface area contributed by atoms with E-state index in [0.717, 1.165) is 14.5 Å². The van der Waals surface area contributed by atoms with Crippen molar-refractivity contribution in [3.8, 4) is 0 Å². The molecule has 0 aliphatic carbocycles. The van der Waals surface area contributed by atoms with Gasteiger partial charge in [-0.2, -0.15) is 0 Å². The zero-order valence-electron chi connectivity index (χ0n) is 8.42. The minimum Gasteiger partial charge on any atom is -0.369 e. The van der Waals surface area contributed by atoms with Gasteiger partial charge in [0.25, 0.3) is 0 Å². The molecule has 1 aromatic carbocycles. The van der Waals surface area contributed by atoms with E-state index in [1.165, 1.54) is 0 Å². The number of aryl methyl sites for hydroxylation is 1. The number of benzene rings is 1. The summed E-state index contributed by atoms with van der Waals surface area (Å²) < 4.78 is 1.70. The quantitative estimate of drug-likeness (QED) is 0.535. The monoisotopic (exact) mass is 348 g/mol. The molecule has 0 saturated carbocycles. The lowest BCUT2D eigenvalue weighted by Gasteiger charge is -2.06. The molecule has 0 fully saturated rings. The molecule has 0 aliphatic heterocycles. The van der Waals surface area contributed by atoms with Crippen molar-refractivity contribution in [3.05, 3.63) is 26.6 Å². The largest absolute Gasteiger partial charge is 0.369 e. The lowest BCUT2D eigenvalue weighted by Crippen LogP contribution is -2.40. The van der Waals surface area contributed by atoms with Crippen molar-refractivity contribution in [2.45, 2.75) is 6.92 Å². The van der Waals surface area contributed by atoms with Gasteiger partial charge in [0.15, 0.2) is 0 Å². The van der Waals surface area contributed by atoms with E-state index in [1.807, 2.05) is 19.1 Å². The highest BCUT2D eigenvalue weighted by atomic mass is 79.9. The Kier molecular flexibility index (Phi) is 4.31. The molecule has 0 aliphatic rings. The third kappa shape index (κ3) is 3.49. The minimum absolute atomic E-state index is 0.0429. The smallest absolute Gasteiger partial charge is 0.318 e. The van der Waals surface area contributed by atoms with Crippen LogP contribution in [0, 0.1) is 6.92 Å². The molecule has 0 heterocycles. The number of nitrogens with two attached hydrogens (primary N) is 2. The summed E-state index contributed by atoms with van der Waals surface area (Å²) in [4.78, 5) is 14.6. The number of guanidine groups is 1. The number of hydrogen-bond donors (Lipinski definition) is 3. The van der Waals surface area contributed by atoms with E-state index in [0.29, 0.717) is 5.69 Å². The van der Waals surface area contributed by atoms with E-state index in [2.05, 4.69) is 42.2 Å². The van der Waals surface area contributed by atoms with E-state index in [-0.39, 0.29) is 5.96 Å². The zero-order valence-corrected chi connectivity index (χ0v) is 11.6. The lowest BCUT2D eigenvalue weighted by atomic mass is 10.2. The van der Waals surface area contributed by atoms with E-state index in [4.69, 9.17) is 11.5 Å². The van der Waals surface area contributed by atoms with E-state index in [1.54, 1.807) is 0 Å². The van der Waals surface area contributed by atoms with Gasteiger partial charge >= 0.3 is 6.03 Å². The maximum absolute atomic E-state index is 10.6. The highest BCUT2D eigenvalue weighted by Gasteiger charge is 2.06. The molecule has 1 aromatic rings. The van der Waals surface area contributed by atoms with Gasteiger partial charge in [0.2, 0.25) is 5.96 Å². The van der Waals surface area contributed by atoms with Crippen molar-refractivity contribution < 1.29 is 4.79 Å². The van der Waals surface area contributed by atoms with E-state index >= 15 is 0 Å². The van der Waals surface area contributed by atoms with Crippen LogP contribution >= 0.6 is 31.9 Å². The maximum Gasteiger partial charge on any atom is 0.318 e. The highest BCUT2D eigenvalue weighted by Crippen LogP contribution is 2.32. The molecule has 5 nitrogen and oxygen atoms in total. The average Bonchev–Trinajstić information content (AvgIpc) is 2.09. The van der Waals surface area contributed by atoms with Crippen LogP contribution in [-0.4, -0.2) is 12.0 Å². The van der Waals surface area contributed by atoms with E-state index in [9.17, 15) is 4.79 Å². The first-order valence-electron chi connectivity index (χ1n) is 4.26. The van der Waals surface area contributed by atoms with Gasteiger partial charge in [-0.15, -0.1) is 0 Å². The van der Waals surface area contributed by atoms with Crippen molar-refractivity contribution >= 4 is 49.5 Å². The number of halogens is 2. The van der Waals surface area contributed by atoms with Gasteiger partial charge in [-0.25, -0.2) is 9.79 Å². The van der Waals surface area contributed by atoms with Gasteiger partial charge in [-0.05, 0) is 40.5 Å². The van der Waals surface area contributed by atoms with Gasteiger partial charge in [-0.1, -0.05) is 15.9 Å². The van der Waals surface area contributed by atoms with Crippen LogP contribution in [0.15, 0.2) is 26.1 Å². The van der Waals surface area contributed by atoms with Crippen molar-refractivity contribution in [3.63, 3.8) is 0 Å². The normalized spacial score (nSPS) is 11.3. The molecular weight excluding hydrogens is 340 g/mol. The fraction of sp³-hybridized carbons (Fsp3) is 0.111. The fourth-order valence-corrected chi connectivity index (χ4v) is 2.64. The van der Waals surface area contributed by atoms with Crippen LogP contribution in [0.2, 0.25) is 0 Å². The molecule has 1 rings (SSSR count). The topological polar surface area (TPSA) is 93.5 Å². The predicted molar refractivity (Wildman–Crippen MR) is 70.6 cm³/mol. The number of carbonyl (C=O) groups excluding carboxylic acids is 1. The lowest BCUT2D eigenvalue weighted by molar-refractivity contribution is 0.253. The first-order chi connectivity index (χ1) is 7.40. The summed E-state index contributed by atoms with van der Waals surface area (Å²) in [6, 6.07) is 2.98. The molecule has 16 heavy (non-hydrogen) atoms. The highest BCUT2D eigenvalue weighted by molar-refractivity contribution is 9.11. The number of primary amides is 1. The first-order valence-corrected chi connectivity index (χ1v) is 5.85. The number of amides is 2. The van der Waals surface area contributed by atoms with Gasteiger partial charge in [-0.3, -0.25) is 5.32 Å². The number of nitrogens with one attached hydrogen (secondary N) is 1. The van der Waals surface area contributed by atoms with Crippen LogP contribution in [-0.2, 0) is 0 Å². The third-order valence-electron chi connectivity index (χ3n) is 1.70. The fourth-order valence-electron chi connectivity index (χ4n) is 1.11. The Bertz CT molecular complexity index is 436. The number of carbonyl (C=O) groups is 1. The molecule has 7 heteroatoms. The zero-order chi connectivity index (χ0) is 12.3. The van der Waals surface area contributed by atoms with Crippen LogP contribution < -0.4 is 16.8 Å². The molecule has 2 amide bonds. The van der Waals surface area contributed by atoms with Gasteiger partial charge < -0.3 is 11.5 Å². The van der Waals surface area contributed by atoms with E-state index < -0.39 is 6.03 Å². The van der Waals surface area contributed by atoms with Crippen LogP contribution in [0.25, 0.3) is 0 Å². The molecule has 86 valence electrons. The molecule has 0 radical (unpaired) electrons. The molecule has 5 N–H and O–H groups in total. The molecular formula is C9H10Br2N4O. The minimum atomic E-state index is -0.743. The van der Waals surface area contributed by atoms with Gasteiger partial charge in [0.05, 0.1) is 5.69 Å². The second kappa shape index (κ2) is 5.31. The Morgan fingerprint density at radius 2 is 2.00 bits per heavy atom. The standard InChI is InChI=1S/C9H10Br2N4O/c1-4-2-5(10)3-6(11)7(4)14-8(12)15-9(13)16/h2-3H,1H3,(H5,12,13,14,15,16). The predicted octanol–water partition coefficient (Wildman–Crippen LogP) is 2.13. The van der Waals surface area contributed by atoms with Gasteiger partial charge in [0, 0.05) is 8.95 Å². The summed E-state index contributed by atoms with van der Waals surface area (Å²) in [5.41, 5.74) is 12.0. The number of rotatable bonds is 1. The Hall–Kier alpha value is -1.08. The van der Waals surface area contributed by atoms with Crippen molar-refractivity contribution in [1.29, 1.82) is 0 Å². The summed E-state index contributed by atoms with van der Waals surface area (Å²) in [5, 5.41) is 2.19. The third-order valence-corrected chi connectivity index (χ3v) is 2.76. The Morgan fingerprint density at radius 3 is 2.50 bits per heavy atom. The number of urea groups is 1.